The molecule has 146 valence electrons. The number of hydrogen-bond acceptors (Lipinski definition) is 4. The summed E-state index contributed by atoms with van der Waals surface area (Å²) in [7, 11) is -2.11. The lowest BCUT2D eigenvalue weighted by Crippen LogP contribution is -2.39. The van der Waals surface area contributed by atoms with Gasteiger partial charge in [-0.2, -0.15) is 5.10 Å². The molecule has 27 heavy (non-hydrogen) atoms. The van der Waals surface area contributed by atoms with E-state index in [-0.39, 0.29) is 16.7 Å². The Bertz CT molecular complexity index is 979. The van der Waals surface area contributed by atoms with E-state index in [9.17, 15) is 13.2 Å². The van der Waals surface area contributed by atoms with Gasteiger partial charge in [0.25, 0.3) is 5.91 Å². The smallest absolute Gasteiger partial charge is 0.252 e. The number of carbonyl (C=O) groups is 1. The molecule has 0 aliphatic carbocycles. The predicted octanol–water partition coefficient (Wildman–Crippen LogP) is 2.19. The number of nitrogens with one attached hydrogen (secondary N) is 1. The Balaban J connectivity index is 1.96. The van der Waals surface area contributed by atoms with E-state index in [0.717, 1.165) is 22.6 Å². The molecule has 0 radical (unpaired) electrons. The van der Waals surface area contributed by atoms with Crippen LogP contribution in [0.4, 0.5) is 5.69 Å². The van der Waals surface area contributed by atoms with Gasteiger partial charge in [-0.15, -0.1) is 0 Å². The van der Waals surface area contributed by atoms with E-state index in [2.05, 4.69) is 9.82 Å². The minimum Gasteiger partial charge on any atom is -0.310 e. The van der Waals surface area contributed by atoms with Crippen molar-refractivity contribution in [2.24, 2.45) is 5.92 Å². The van der Waals surface area contributed by atoms with Gasteiger partial charge < -0.3 is 4.90 Å². The fourth-order valence-corrected chi connectivity index (χ4v) is 4.43. The molecule has 1 aromatic heterocycles. The van der Waals surface area contributed by atoms with Crippen LogP contribution in [0.5, 0.6) is 0 Å². The summed E-state index contributed by atoms with van der Waals surface area (Å²) in [4.78, 5) is 15.4. The second-order valence-corrected chi connectivity index (χ2v) is 9.19. The maximum atomic E-state index is 13.4. The van der Waals surface area contributed by atoms with Gasteiger partial charge >= 0.3 is 0 Å². The van der Waals surface area contributed by atoms with Gasteiger partial charge in [-0.3, -0.25) is 9.48 Å². The van der Waals surface area contributed by atoms with Gasteiger partial charge in [-0.1, -0.05) is 13.8 Å². The van der Waals surface area contributed by atoms with Crippen LogP contribution in [0.3, 0.4) is 0 Å². The Morgan fingerprint density at radius 3 is 2.48 bits per heavy atom. The minimum atomic E-state index is -3.50. The number of amides is 1. The third kappa shape index (κ3) is 3.51. The number of nitrogens with zero attached hydrogens (tertiary/aromatic N) is 3. The van der Waals surface area contributed by atoms with E-state index < -0.39 is 16.1 Å². The summed E-state index contributed by atoms with van der Waals surface area (Å²) in [5.41, 5.74) is 3.49. The lowest BCUT2D eigenvalue weighted by atomic mass is 10.0. The first-order chi connectivity index (χ1) is 12.7. The zero-order chi connectivity index (χ0) is 19.9. The molecular weight excluding hydrogens is 364 g/mol. The van der Waals surface area contributed by atoms with Crippen LogP contribution >= 0.6 is 0 Å². The van der Waals surface area contributed by atoms with E-state index in [4.69, 9.17) is 0 Å². The SMILES string of the molecule is CNS(=O)(=O)c1ccc2c(c1)CCN2C(=O)[C@@H](C(C)C)n1nc(C)cc1C. The summed E-state index contributed by atoms with van der Waals surface area (Å²) in [5, 5.41) is 4.52. The molecule has 2 aromatic rings. The maximum Gasteiger partial charge on any atom is 0.252 e. The van der Waals surface area contributed by atoms with Crippen molar-refractivity contribution < 1.29 is 13.2 Å². The Labute approximate surface area is 160 Å². The van der Waals surface area contributed by atoms with Gasteiger partial charge in [0, 0.05) is 17.9 Å². The zero-order valence-electron chi connectivity index (χ0n) is 16.4. The van der Waals surface area contributed by atoms with Crippen molar-refractivity contribution >= 4 is 21.6 Å². The van der Waals surface area contributed by atoms with Crippen molar-refractivity contribution in [2.75, 3.05) is 18.5 Å². The topological polar surface area (TPSA) is 84.3 Å². The van der Waals surface area contributed by atoms with Crippen LogP contribution in [-0.4, -0.2) is 37.7 Å². The third-order valence-electron chi connectivity index (χ3n) is 4.98. The molecule has 2 heterocycles. The van der Waals surface area contributed by atoms with Crippen molar-refractivity contribution in [3.8, 4) is 0 Å². The standard InChI is InChI=1S/C19H26N4O3S/c1-12(2)18(23-14(4)10-13(3)21-23)19(24)22-9-8-15-11-16(6-7-17(15)22)27(25,26)20-5/h6-7,10-12,18,20H,8-9H2,1-5H3/t18-/m1/s1. The fraction of sp³-hybridized carbons (Fsp3) is 0.474. The second-order valence-electron chi connectivity index (χ2n) is 7.30. The highest BCUT2D eigenvalue weighted by Gasteiger charge is 2.34. The molecule has 8 heteroatoms. The van der Waals surface area contributed by atoms with Crippen LogP contribution in [0.2, 0.25) is 0 Å². The minimum absolute atomic E-state index is 0.0147. The van der Waals surface area contributed by atoms with Crippen LogP contribution < -0.4 is 9.62 Å². The van der Waals surface area contributed by atoms with Gasteiger partial charge in [0.15, 0.2) is 0 Å². The Morgan fingerprint density at radius 1 is 1.22 bits per heavy atom. The predicted molar refractivity (Wildman–Crippen MR) is 104 cm³/mol. The van der Waals surface area contributed by atoms with Crippen molar-refractivity contribution in [3.05, 3.63) is 41.2 Å². The number of hydrogen-bond donors (Lipinski definition) is 1. The van der Waals surface area contributed by atoms with Crippen LogP contribution in [0.25, 0.3) is 0 Å². The van der Waals surface area contributed by atoms with E-state index in [1.165, 1.54) is 7.05 Å². The molecule has 0 spiro atoms. The summed E-state index contributed by atoms with van der Waals surface area (Å²) < 4.78 is 28.2. The first-order valence-corrected chi connectivity index (χ1v) is 10.5. The molecule has 3 rings (SSSR count). The van der Waals surface area contributed by atoms with Crippen molar-refractivity contribution in [2.45, 2.75) is 45.1 Å². The van der Waals surface area contributed by atoms with Crippen LogP contribution in [0.15, 0.2) is 29.2 Å². The Kier molecular flexibility index (Phi) is 5.14. The van der Waals surface area contributed by atoms with Crippen LogP contribution in [0, 0.1) is 19.8 Å². The molecule has 1 aliphatic heterocycles. The summed E-state index contributed by atoms with van der Waals surface area (Å²) in [6.07, 6.45) is 0.635. The summed E-state index contributed by atoms with van der Waals surface area (Å²) >= 11 is 0. The average molecular weight is 391 g/mol. The summed E-state index contributed by atoms with van der Waals surface area (Å²) in [5.74, 6) is 0.0580. The average Bonchev–Trinajstić information content (AvgIpc) is 3.17. The quantitative estimate of drug-likeness (QED) is 0.848. The highest BCUT2D eigenvalue weighted by atomic mass is 32.2. The Hall–Kier alpha value is -2.19. The number of sulfonamides is 1. The van der Waals surface area contributed by atoms with Crippen LogP contribution in [0.1, 0.15) is 36.8 Å². The van der Waals surface area contributed by atoms with E-state index in [1.54, 1.807) is 27.8 Å². The maximum absolute atomic E-state index is 13.4. The number of benzene rings is 1. The molecule has 0 fully saturated rings. The van der Waals surface area contributed by atoms with E-state index >= 15 is 0 Å². The zero-order valence-corrected chi connectivity index (χ0v) is 17.2. The van der Waals surface area contributed by atoms with E-state index in [0.29, 0.717) is 13.0 Å². The Morgan fingerprint density at radius 2 is 1.93 bits per heavy atom. The number of aryl methyl sites for hydroxylation is 2. The molecule has 1 aromatic carbocycles. The molecule has 1 amide bonds. The largest absolute Gasteiger partial charge is 0.310 e. The third-order valence-corrected chi connectivity index (χ3v) is 6.40. The normalized spacial score (nSPS) is 15.3. The highest BCUT2D eigenvalue weighted by molar-refractivity contribution is 7.89. The van der Waals surface area contributed by atoms with Gasteiger partial charge in [-0.25, -0.2) is 13.1 Å². The fourth-order valence-electron chi connectivity index (χ4n) is 3.65. The molecule has 1 N–H and O–H groups in total. The number of aromatic nitrogens is 2. The molecular formula is C19H26N4O3S. The molecule has 0 bridgehead atoms. The number of anilines is 1. The summed E-state index contributed by atoms with van der Waals surface area (Å²) in [6, 6.07) is 6.50. The molecule has 0 unspecified atom stereocenters. The summed E-state index contributed by atoms with van der Waals surface area (Å²) in [6.45, 7) is 8.44. The van der Waals surface area contributed by atoms with E-state index in [1.807, 2.05) is 33.8 Å². The first kappa shape index (κ1) is 19.6. The monoisotopic (exact) mass is 390 g/mol. The first-order valence-electron chi connectivity index (χ1n) is 9.06. The van der Waals surface area contributed by atoms with Gasteiger partial charge in [-0.05, 0) is 63.1 Å². The highest BCUT2D eigenvalue weighted by Crippen LogP contribution is 2.33. The second kappa shape index (κ2) is 7.09. The molecule has 0 saturated heterocycles. The van der Waals surface area contributed by atoms with Gasteiger partial charge in [0.05, 0.1) is 10.6 Å². The number of fused-ring (bicyclic) bond motifs is 1. The molecule has 1 aliphatic rings. The van der Waals surface area contributed by atoms with Gasteiger partial charge in [0.1, 0.15) is 6.04 Å². The molecule has 0 saturated carbocycles. The van der Waals surface area contributed by atoms with Crippen molar-refractivity contribution in [1.29, 1.82) is 0 Å². The molecule has 1 atom stereocenters. The van der Waals surface area contributed by atoms with Crippen molar-refractivity contribution in [3.63, 3.8) is 0 Å². The molecule has 7 nitrogen and oxygen atoms in total. The van der Waals surface area contributed by atoms with Crippen molar-refractivity contribution in [1.82, 2.24) is 14.5 Å². The van der Waals surface area contributed by atoms with Crippen LogP contribution in [-0.2, 0) is 21.2 Å². The van der Waals surface area contributed by atoms with Gasteiger partial charge in [0.2, 0.25) is 10.0 Å². The lowest BCUT2D eigenvalue weighted by molar-refractivity contribution is -0.123. The number of rotatable bonds is 5. The lowest BCUT2D eigenvalue weighted by Gasteiger charge is -2.27. The number of carbonyl (C=O) groups excluding carboxylic acids is 1.